The number of ether oxygens (including phenoxy) is 1. The van der Waals surface area contributed by atoms with E-state index in [-0.39, 0.29) is 17.8 Å². The van der Waals surface area contributed by atoms with Crippen molar-refractivity contribution in [2.75, 3.05) is 6.61 Å². The van der Waals surface area contributed by atoms with Crippen LogP contribution in [0.5, 0.6) is 0 Å². The second-order valence-corrected chi connectivity index (χ2v) is 18.2. The first kappa shape index (κ1) is 45.5. The Hall–Kier alpha value is -4.04. The number of hydrogen-bond donors (Lipinski definition) is 3. The summed E-state index contributed by atoms with van der Waals surface area (Å²) in [5, 5.41) is 26.4. The molecule has 326 valence electrons. The molecule has 0 saturated carbocycles. The van der Waals surface area contributed by atoms with E-state index in [4.69, 9.17) is 19.7 Å². The number of allylic oxidation sites excluding steroid dienone is 11. The molecule has 8 nitrogen and oxygen atoms in total. The minimum Gasteiger partial charge on any atom is -0.511 e. The van der Waals surface area contributed by atoms with Gasteiger partial charge in [0.15, 0.2) is 0 Å². The molecule has 6 rings (SSSR count). The molecular formula is C52H74N4O4. The summed E-state index contributed by atoms with van der Waals surface area (Å²) in [4.78, 5) is 28.7. The first-order valence-corrected chi connectivity index (χ1v) is 23.8. The SMILES string of the molecule is CCCCCCCCCCCCCCCCCCOC(=O)CC[C@@H]1C2=C3CC(O)=C4C3=NC(=C4C)C=C3N=C(C=C4N=C(C(C)=C4C(C)O)C(C)=C(N2)[C@H]1C)C(C)=C3CC. The van der Waals surface area contributed by atoms with Crippen LogP contribution in [0, 0.1) is 11.8 Å². The van der Waals surface area contributed by atoms with Crippen LogP contribution in [0.3, 0.4) is 0 Å². The number of unbranched alkanes of at least 4 members (excludes halogenated alkanes) is 15. The third kappa shape index (κ3) is 10.2. The van der Waals surface area contributed by atoms with Crippen LogP contribution in [0.1, 0.15) is 184 Å². The van der Waals surface area contributed by atoms with Crippen molar-refractivity contribution < 1.29 is 19.7 Å². The van der Waals surface area contributed by atoms with Crippen LogP contribution in [0.15, 0.2) is 106 Å². The summed E-state index contributed by atoms with van der Waals surface area (Å²) in [6, 6.07) is 0. The fourth-order valence-electron chi connectivity index (χ4n) is 10.3. The first-order chi connectivity index (χ1) is 29.0. The summed E-state index contributed by atoms with van der Waals surface area (Å²) >= 11 is 0. The van der Waals surface area contributed by atoms with E-state index in [1.54, 1.807) is 6.92 Å². The van der Waals surface area contributed by atoms with E-state index in [9.17, 15) is 15.0 Å². The van der Waals surface area contributed by atoms with Gasteiger partial charge in [0.2, 0.25) is 0 Å². The van der Waals surface area contributed by atoms with Crippen molar-refractivity contribution in [3.63, 3.8) is 0 Å². The summed E-state index contributed by atoms with van der Waals surface area (Å²) in [5.74, 6) is 0.198. The highest BCUT2D eigenvalue weighted by molar-refractivity contribution is 6.21. The van der Waals surface area contributed by atoms with E-state index in [1.165, 1.54) is 89.9 Å². The number of hydrogen-bond acceptors (Lipinski definition) is 8. The van der Waals surface area contributed by atoms with E-state index in [0.717, 1.165) is 109 Å². The Morgan fingerprint density at radius 1 is 0.767 bits per heavy atom. The number of aliphatic hydroxyl groups is 2. The van der Waals surface area contributed by atoms with E-state index >= 15 is 0 Å². The largest absolute Gasteiger partial charge is 0.511 e. The van der Waals surface area contributed by atoms with E-state index in [0.29, 0.717) is 31.6 Å². The Balaban J connectivity index is 1.10. The number of aliphatic imine (C=N–C) groups is 3. The highest BCUT2D eigenvalue weighted by Crippen LogP contribution is 2.47. The predicted molar refractivity (Wildman–Crippen MR) is 248 cm³/mol. The Labute approximate surface area is 361 Å². The van der Waals surface area contributed by atoms with Crippen molar-refractivity contribution in [2.24, 2.45) is 26.8 Å². The predicted octanol–water partition coefficient (Wildman–Crippen LogP) is 13.0. The quantitative estimate of drug-likeness (QED) is 0.0743. The van der Waals surface area contributed by atoms with Crippen molar-refractivity contribution in [3.05, 3.63) is 91.0 Å². The molecule has 60 heavy (non-hydrogen) atoms. The van der Waals surface area contributed by atoms with Gasteiger partial charge in [-0.2, -0.15) is 0 Å². The molecule has 0 aromatic heterocycles. The minimum atomic E-state index is -0.710. The standard InChI is InChI=1S/C52H74N4O4/c1-9-11-12-13-14-15-16-17-18-19-20-21-22-23-24-25-28-60-46(59)27-26-39-33(4)49-36(7)50-35(6)47(37(8)57)44(55-50)31-41-32(3)38(10-2)43(53-41)30-42-34(5)48-45(58)29-40(51(39)56-49)52(48)54-42/h30-31,33,37,39,56-58H,9-29H2,1-8H3/t33-,37?,39-/m0/s1. The van der Waals surface area contributed by atoms with Crippen LogP contribution < -0.4 is 5.32 Å². The molecular weight excluding hydrogens is 745 g/mol. The molecule has 3 atom stereocenters. The molecule has 5 heterocycles. The molecule has 1 unspecified atom stereocenters. The lowest BCUT2D eigenvalue weighted by molar-refractivity contribution is -0.144. The van der Waals surface area contributed by atoms with Gasteiger partial charge in [-0.15, -0.1) is 0 Å². The lowest BCUT2D eigenvalue weighted by Gasteiger charge is -2.18. The molecule has 5 aliphatic heterocycles. The fourth-order valence-corrected chi connectivity index (χ4v) is 10.3. The Bertz CT molecular complexity index is 2020. The first-order valence-electron chi connectivity index (χ1n) is 23.8. The van der Waals surface area contributed by atoms with Crippen LogP contribution in [-0.4, -0.2) is 46.0 Å². The van der Waals surface area contributed by atoms with Crippen LogP contribution in [0.4, 0.5) is 0 Å². The van der Waals surface area contributed by atoms with Crippen molar-refractivity contribution >= 4 is 23.1 Å². The van der Waals surface area contributed by atoms with Crippen LogP contribution >= 0.6 is 0 Å². The maximum absolute atomic E-state index is 13.2. The van der Waals surface area contributed by atoms with Gasteiger partial charge < -0.3 is 20.3 Å². The number of nitrogens with zero attached hydrogens (tertiary/aromatic N) is 3. The normalized spacial score (nSPS) is 21.6. The molecule has 8 bridgehead atoms. The number of rotatable bonds is 22. The third-order valence-corrected chi connectivity index (χ3v) is 13.8. The molecule has 3 N–H and O–H groups in total. The topological polar surface area (TPSA) is 116 Å². The smallest absolute Gasteiger partial charge is 0.305 e. The number of fused-ring (bicyclic) bond motifs is 5. The average molecular weight is 819 g/mol. The zero-order valence-electron chi connectivity index (χ0n) is 38.3. The summed E-state index contributed by atoms with van der Waals surface area (Å²) in [6.45, 7) is 17.2. The van der Waals surface area contributed by atoms with E-state index in [1.807, 2.05) is 19.9 Å². The molecule has 0 spiro atoms. The number of carbonyl (C=O) groups is 1. The van der Waals surface area contributed by atoms with Gasteiger partial charge >= 0.3 is 5.97 Å². The number of nitrogens with one attached hydrogen (secondary N) is 1. The van der Waals surface area contributed by atoms with Gasteiger partial charge in [-0.1, -0.05) is 117 Å². The van der Waals surface area contributed by atoms with Crippen LogP contribution in [0.2, 0.25) is 0 Å². The van der Waals surface area contributed by atoms with Gasteiger partial charge in [-0.25, -0.2) is 15.0 Å². The maximum atomic E-state index is 13.2. The lowest BCUT2D eigenvalue weighted by Crippen LogP contribution is -2.16. The third-order valence-electron chi connectivity index (χ3n) is 13.8. The van der Waals surface area contributed by atoms with Gasteiger partial charge in [0.25, 0.3) is 0 Å². The van der Waals surface area contributed by atoms with Gasteiger partial charge in [-0.3, -0.25) is 4.79 Å². The highest BCUT2D eigenvalue weighted by atomic mass is 16.5. The molecule has 0 aromatic carbocycles. The van der Waals surface area contributed by atoms with Crippen molar-refractivity contribution in [1.29, 1.82) is 0 Å². The molecule has 0 radical (unpaired) electrons. The van der Waals surface area contributed by atoms with Crippen molar-refractivity contribution in [1.82, 2.24) is 5.32 Å². The van der Waals surface area contributed by atoms with Gasteiger partial charge in [0, 0.05) is 52.8 Å². The van der Waals surface area contributed by atoms with Gasteiger partial charge in [-0.05, 0) is 93.9 Å². The zero-order chi connectivity index (χ0) is 42.9. The second kappa shape index (κ2) is 21.2. The number of esters is 1. The molecule has 1 aliphatic carbocycles. The maximum Gasteiger partial charge on any atom is 0.305 e. The molecule has 0 amide bonds. The average Bonchev–Trinajstić information content (AvgIpc) is 3.99. The fraction of sp³-hybridized carbons (Fsp3) is 0.615. The molecule has 6 aliphatic rings. The molecule has 0 aromatic rings. The summed E-state index contributed by atoms with van der Waals surface area (Å²) in [7, 11) is 0. The van der Waals surface area contributed by atoms with Crippen molar-refractivity contribution in [2.45, 2.75) is 190 Å². The Morgan fingerprint density at radius 2 is 1.38 bits per heavy atom. The van der Waals surface area contributed by atoms with Crippen molar-refractivity contribution in [3.8, 4) is 0 Å². The van der Waals surface area contributed by atoms with Crippen LogP contribution in [-0.2, 0) is 9.53 Å². The van der Waals surface area contributed by atoms with Gasteiger partial charge in [0.05, 0.1) is 46.9 Å². The summed E-state index contributed by atoms with van der Waals surface area (Å²) in [5.41, 5.74) is 14.7. The number of carbonyl (C=O) groups excluding carboxylic acids is 1. The lowest BCUT2D eigenvalue weighted by atomic mass is 9.85. The Morgan fingerprint density at radius 3 is 1.98 bits per heavy atom. The minimum absolute atomic E-state index is 0.0160. The van der Waals surface area contributed by atoms with E-state index in [2.05, 4.69) is 46.0 Å². The molecule has 8 heteroatoms. The van der Waals surface area contributed by atoms with Crippen LogP contribution in [0.25, 0.3) is 0 Å². The number of aliphatic hydroxyl groups excluding tert-OH is 2. The highest BCUT2D eigenvalue weighted by Gasteiger charge is 2.42. The van der Waals surface area contributed by atoms with E-state index < -0.39 is 6.10 Å². The molecule has 1 saturated heterocycles. The monoisotopic (exact) mass is 819 g/mol. The summed E-state index contributed by atoms with van der Waals surface area (Å²) < 4.78 is 5.80. The van der Waals surface area contributed by atoms with Gasteiger partial charge in [0.1, 0.15) is 5.76 Å². The molecule has 1 fully saturated rings. The summed E-state index contributed by atoms with van der Waals surface area (Å²) in [6.07, 6.45) is 26.5. The Kier molecular flexibility index (Phi) is 16.0. The second-order valence-electron chi connectivity index (χ2n) is 18.2. The zero-order valence-corrected chi connectivity index (χ0v) is 38.3.